The number of aliphatic hydroxyl groups is 1. The van der Waals surface area contributed by atoms with E-state index >= 15 is 0 Å². The van der Waals surface area contributed by atoms with E-state index in [1.54, 1.807) is 0 Å². The first-order valence-electron chi connectivity index (χ1n) is 6.56. The minimum Gasteiger partial charge on any atom is -0.466 e. The highest BCUT2D eigenvalue weighted by atomic mass is 32.2. The molecule has 10 heteroatoms. The molecule has 0 saturated carbocycles. The Labute approximate surface area is 134 Å². The largest absolute Gasteiger partial charge is 0.501 e. The van der Waals surface area contributed by atoms with E-state index in [1.807, 2.05) is 0 Å². The van der Waals surface area contributed by atoms with Crippen molar-refractivity contribution in [1.29, 1.82) is 0 Å². The first-order valence-corrected chi connectivity index (χ1v) is 8.04. The maximum absolute atomic E-state index is 13.2. The Hall–Kier alpha value is -2.07. The fraction of sp³-hybridized carbons (Fsp3) is 0.286. The number of rotatable bonds is 5. The van der Waals surface area contributed by atoms with Gasteiger partial charge < -0.3 is 14.8 Å². The lowest BCUT2D eigenvalue weighted by molar-refractivity contribution is -0.0435. The molecule has 0 saturated heterocycles. The molecule has 0 bridgehead atoms. The highest BCUT2D eigenvalue weighted by Gasteiger charge is 2.48. The molecular weight excluding hydrogens is 354 g/mol. The molecule has 24 heavy (non-hydrogen) atoms. The second kappa shape index (κ2) is 6.10. The van der Waals surface area contributed by atoms with Gasteiger partial charge in [0.2, 0.25) is 0 Å². The van der Waals surface area contributed by atoms with Gasteiger partial charge in [0.1, 0.15) is 22.1 Å². The number of hydrogen-bond acceptors (Lipinski definition) is 5. The summed E-state index contributed by atoms with van der Waals surface area (Å²) in [6.07, 6.45) is 1.29. The fourth-order valence-electron chi connectivity index (χ4n) is 1.93. The van der Waals surface area contributed by atoms with Crippen LogP contribution in [0.1, 0.15) is 12.7 Å². The maximum Gasteiger partial charge on any atom is 0.501 e. The van der Waals surface area contributed by atoms with Crippen LogP contribution in [0.3, 0.4) is 0 Å². The topological polar surface area (TPSA) is 79.5 Å². The summed E-state index contributed by atoms with van der Waals surface area (Å²) < 4.78 is 79.6. The number of sulfone groups is 1. The second-order valence-electron chi connectivity index (χ2n) is 5.19. The molecule has 0 aliphatic carbocycles. The smallest absolute Gasteiger partial charge is 0.466 e. The molecule has 0 radical (unpaired) electrons. The van der Waals surface area contributed by atoms with Gasteiger partial charge >= 0.3 is 5.51 Å². The third-order valence-corrected chi connectivity index (χ3v) is 4.74. The van der Waals surface area contributed by atoms with Crippen LogP contribution >= 0.6 is 0 Å². The third kappa shape index (κ3) is 3.54. The number of alkyl halides is 3. The van der Waals surface area contributed by atoms with Crippen molar-refractivity contribution in [2.45, 2.75) is 22.9 Å². The quantitative estimate of drug-likeness (QED) is 0.794. The summed E-state index contributed by atoms with van der Waals surface area (Å²) >= 11 is 0. The van der Waals surface area contributed by atoms with Gasteiger partial charge in [-0.05, 0) is 37.3 Å². The van der Waals surface area contributed by atoms with E-state index in [-0.39, 0.29) is 18.4 Å². The molecule has 2 aromatic rings. The van der Waals surface area contributed by atoms with E-state index in [1.165, 1.54) is 25.3 Å². The lowest BCUT2D eigenvalue weighted by Gasteiger charge is -2.23. The summed E-state index contributed by atoms with van der Waals surface area (Å²) in [7, 11) is -5.76. The van der Waals surface area contributed by atoms with Crippen LogP contribution in [0, 0.1) is 5.82 Å². The van der Waals surface area contributed by atoms with Gasteiger partial charge in [-0.1, -0.05) is 0 Å². The molecule has 0 amide bonds. The first kappa shape index (κ1) is 18.3. The van der Waals surface area contributed by atoms with Gasteiger partial charge in [-0.3, -0.25) is 0 Å². The van der Waals surface area contributed by atoms with E-state index in [0.717, 1.165) is 12.1 Å². The highest BCUT2D eigenvalue weighted by molar-refractivity contribution is 7.92. The van der Waals surface area contributed by atoms with Crippen LogP contribution in [0.4, 0.5) is 23.2 Å². The monoisotopic (exact) mass is 367 g/mol. The minimum absolute atomic E-state index is 0.123. The first-order chi connectivity index (χ1) is 10.9. The van der Waals surface area contributed by atoms with Crippen molar-refractivity contribution in [2.75, 3.05) is 11.9 Å². The lowest BCUT2D eigenvalue weighted by atomic mass is 10.0. The Morgan fingerprint density at radius 3 is 2.46 bits per heavy atom. The molecule has 0 spiro atoms. The van der Waals surface area contributed by atoms with E-state index in [9.17, 15) is 31.1 Å². The minimum atomic E-state index is -5.76. The number of furan rings is 1. The SMILES string of the molecule is CC(O)(CNc1ccc(F)cc1S(=O)(=O)C(F)(F)F)c1ccco1. The van der Waals surface area contributed by atoms with Gasteiger partial charge in [0.25, 0.3) is 9.84 Å². The molecule has 1 atom stereocenters. The maximum atomic E-state index is 13.2. The molecule has 1 heterocycles. The van der Waals surface area contributed by atoms with Gasteiger partial charge in [0.15, 0.2) is 0 Å². The third-order valence-electron chi connectivity index (χ3n) is 3.21. The summed E-state index contributed by atoms with van der Waals surface area (Å²) in [5, 5.41) is 12.6. The van der Waals surface area contributed by atoms with Crippen molar-refractivity contribution in [1.82, 2.24) is 0 Å². The van der Waals surface area contributed by atoms with Crippen molar-refractivity contribution in [3.05, 3.63) is 48.2 Å². The molecule has 2 N–H and O–H groups in total. The summed E-state index contributed by atoms with van der Waals surface area (Å²) in [6, 6.07) is 4.87. The zero-order chi connectivity index (χ0) is 18.2. The van der Waals surface area contributed by atoms with Crippen LogP contribution in [0.15, 0.2) is 45.9 Å². The van der Waals surface area contributed by atoms with Gasteiger partial charge in [0.05, 0.1) is 18.5 Å². The number of benzene rings is 1. The van der Waals surface area contributed by atoms with Crippen LogP contribution in [-0.2, 0) is 15.4 Å². The second-order valence-corrected chi connectivity index (χ2v) is 7.10. The Bertz CT molecular complexity index is 814. The Morgan fingerprint density at radius 1 is 1.25 bits per heavy atom. The molecule has 132 valence electrons. The number of hydrogen-bond donors (Lipinski definition) is 2. The molecule has 1 unspecified atom stereocenters. The molecule has 2 rings (SSSR count). The summed E-state index contributed by atoms with van der Waals surface area (Å²) in [5.74, 6) is -1.02. The van der Waals surface area contributed by atoms with E-state index in [0.29, 0.717) is 0 Å². The molecule has 1 aromatic heterocycles. The lowest BCUT2D eigenvalue weighted by Crippen LogP contribution is -2.31. The van der Waals surface area contributed by atoms with Crippen LogP contribution in [0.2, 0.25) is 0 Å². The van der Waals surface area contributed by atoms with Crippen molar-refractivity contribution in [2.24, 2.45) is 0 Å². The summed E-state index contributed by atoms with van der Waals surface area (Å²) in [5.41, 5.74) is -7.70. The van der Waals surface area contributed by atoms with Crippen molar-refractivity contribution < 1.29 is 35.5 Å². The zero-order valence-electron chi connectivity index (χ0n) is 12.3. The fourth-order valence-corrected chi connectivity index (χ4v) is 2.88. The van der Waals surface area contributed by atoms with Gasteiger partial charge in [-0.2, -0.15) is 13.2 Å². The number of anilines is 1. The van der Waals surface area contributed by atoms with Crippen molar-refractivity contribution >= 4 is 15.5 Å². The van der Waals surface area contributed by atoms with E-state index in [4.69, 9.17) is 4.42 Å². The van der Waals surface area contributed by atoms with Gasteiger partial charge in [-0.25, -0.2) is 12.8 Å². The van der Waals surface area contributed by atoms with Gasteiger partial charge in [-0.15, -0.1) is 0 Å². The Kier molecular flexibility index (Phi) is 4.64. The highest BCUT2D eigenvalue weighted by Crippen LogP contribution is 2.35. The average molecular weight is 367 g/mol. The summed E-state index contributed by atoms with van der Waals surface area (Å²) in [6.45, 7) is 0.951. The standard InChI is InChI=1S/C14H13F4NO4S/c1-13(20,12-3-2-6-23-12)8-19-10-5-4-9(15)7-11(10)24(21,22)14(16,17)18/h2-7,19-20H,8H2,1H3. The van der Waals surface area contributed by atoms with E-state index < -0.39 is 37.3 Å². The predicted octanol–water partition coefficient (Wildman–Crippen LogP) is 3.03. The van der Waals surface area contributed by atoms with E-state index in [2.05, 4.69) is 5.32 Å². The van der Waals surface area contributed by atoms with Crippen LogP contribution < -0.4 is 5.32 Å². The zero-order valence-corrected chi connectivity index (χ0v) is 13.1. The molecule has 0 fully saturated rings. The predicted molar refractivity (Wildman–Crippen MR) is 76.4 cm³/mol. The molecule has 5 nitrogen and oxygen atoms in total. The number of halogens is 4. The number of nitrogens with one attached hydrogen (secondary N) is 1. The molecule has 0 aliphatic heterocycles. The van der Waals surface area contributed by atoms with Crippen molar-refractivity contribution in [3.63, 3.8) is 0 Å². The van der Waals surface area contributed by atoms with Crippen LogP contribution in [0.5, 0.6) is 0 Å². The Balaban J connectivity index is 2.36. The average Bonchev–Trinajstić information content (AvgIpc) is 2.99. The van der Waals surface area contributed by atoms with Crippen LogP contribution in [-0.4, -0.2) is 25.6 Å². The molecule has 1 aromatic carbocycles. The molecular formula is C14H13F4NO4S. The Morgan fingerprint density at radius 2 is 1.92 bits per heavy atom. The van der Waals surface area contributed by atoms with Crippen molar-refractivity contribution in [3.8, 4) is 0 Å². The van der Waals surface area contributed by atoms with Crippen LogP contribution in [0.25, 0.3) is 0 Å². The summed E-state index contributed by atoms with van der Waals surface area (Å²) in [4.78, 5) is -1.26. The normalized spacial score (nSPS) is 15.1. The van der Waals surface area contributed by atoms with Gasteiger partial charge in [0, 0.05) is 0 Å². The molecule has 0 aliphatic rings.